The number of hydroxylamine groups is 1. The highest BCUT2D eigenvalue weighted by Crippen LogP contribution is 2.34. The summed E-state index contributed by atoms with van der Waals surface area (Å²) in [7, 11) is -3.57. The molecule has 0 atom stereocenters. The number of hydrogen-bond acceptors (Lipinski definition) is 6. The second kappa shape index (κ2) is 8.87. The summed E-state index contributed by atoms with van der Waals surface area (Å²) >= 11 is 0. The van der Waals surface area contributed by atoms with Crippen LogP contribution in [0.25, 0.3) is 0 Å². The smallest absolute Gasteiger partial charge is 0.283 e. The van der Waals surface area contributed by atoms with E-state index in [1.54, 1.807) is 13.0 Å². The van der Waals surface area contributed by atoms with Crippen molar-refractivity contribution in [2.24, 2.45) is 0 Å². The Kier molecular flexibility index (Phi) is 7.49. The van der Waals surface area contributed by atoms with Crippen LogP contribution in [0.5, 0.6) is 0 Å². The molecule has 128 valence electrons. The molecule has 7 heteroatoms. The van der Waals surface area contributed by atoms with Gasteiger partial charge in [-0.1, -0.05) is 13.0 Å². The van der Waals surface area contributed by atoms with Crippen molar-refractivity contribution in [2.45, 2.75) is 40.0 Å². The number of nitrogens with zero attached hydrogens (tertiary/aromatic N) is 2. The normalized spacial score (nSPS) is 17.4. The zero-order valence-electron chi connectivity index (χ0n) is 14.1. The second-order valence-electron chi connectivity index (χ2n) is 5.42. The molecule has 0 aromatic carbocycles. The van der Waals surface area contributed by atoms with Crippen molar-refractivity contribution >= 4 is 10.1 Å². The summed E-state index contributed by atoms with van der Waals surface area (Å²) in [6.07, 6.45) is 3.38. The summed E-state index contributed by atoms with van der Waals surface area (Å²) < 4.78 is 28.0. The van der Waals surface area contributed by atoms with Gasteiger partial charge < -0.3 is 4.90 Å². The highest BCUT2D eigenvalue weighted by molar-refractivity contribution is 7.86. The third-order valence-corrected chi connectivity index (χ3v) is 4.88. The van der Waals surface area contributed by atoms with Crippen LogP contribution in [0.15, 0.2) is 35.2 Å². The fourth-order valence-electron chi connectivity index (χ4n) is 2.44. The highest BCUT2D eigenvalue weighted by Gasteiger charge is 2.25. The van der Waals surface area contributed by atoms with Crippen LogP contribution in [0.2, 0.25) is 0 Å². The standard InChI is InChI=1S/C16H25N3O3S/c1-5-8-15(12-17)16-11-13(3)14(4)19(16)9-7-10-23(20,21)22-18-6-2/h5,18H,1,6-11H2,2-4H3/b16-15+. The maximum atomic E-state index is 11.7. The van der Waals surface area contributed by atoms with Crippen LogP contribution < -0.4 is 5.48 Å². The lowest BCUT2D eigenvalue weighted by atomic mass is 10.1. The van der Waals surface area contributed by atoms with Gasteiger partial charge in [-0.25, -0.2) is 0 Å². The number of nitrogens with one attached hydrogen (secondary N) is 1. The molecule has 0 spiro atoms. The molecule has 0 radical (unpaired) electrons. The largest absolute Gasteiger partial charge is 0.348 e. The van der Waals surface area contributed by atoms with Gasteiger partial charge in [-0.05, 0) is 25.8 Å². The SMILES string of the molecule is C=CC/C(C#N)=C1/CC(C)=C(C)N1CCCS(=O)(=O)ONCC. The third-order valence-electron chi connectivity index (χ3n) is 3.72. The van der Waals surface area contributed by atoms with Gasteiger partial charge >= 0.3 is 0 Å². The van der Waals surface area contributed by atoms with Crippen molar-refractivity contribution in [2.75, 3.05) is 18.8 Å². The van der Waals surface area contributed by atoms with E-state index in [2.05, 4.69) is 22.4 Å². The molecule has 0 aromatic rings. The molecular formula is C16H25N3O3S. The number of rotatable bonds is 9. The molecule has 0 bridgehead atoms. The molecule has 1 rings (SSSR count). The summed E-state index contributed by atoms with van der Waals surface area (Å²) in [5.41, 5.74) is 6.28. The van der Waals surface area contributed by atoms with Gasteiger partial charge in [-0.2, -0.15) is 23.4 Å². The van der Waals surface area contributed by atoms with Gasteiger partial charge in [0.25, 0.3) is 10.1 Å². The van der Waals surface area contributed by atoms with Gasteiger partial charge in [0, 0.05) is 37.3 Å². The Morgan fingerprint density at radius 3 is 2.78 bits per heavy atom. The minimum absolute atomic E-state index is 0.0700. The molecular weight excluding hydrogens is 314 g/mol. The molecule has 1 aliphatic heterocycles. The average molecular weight is 339 g/mol. The first-order chi connectivity index (χ1) is 10.9. The number of nitriles is 1. The van der Waals surface area contributed by atoms with Gasteiger partial charge in [-0.3, -0.25) is 0 Å². The van der Waals surface area contributed by atoms with E-state index in [1.807, 2.05) is 18.7 Å². The van der Waals surface area contributed by atoms with Crippen molar-refractivity contribution < 1.29 is 12.7 Å². The average Bonchev–Trinajstić information content (AvgIpc) is 2.78. The van der Waals surface area contributed by atoms with Gasteiger partial charge in [0.2, 0.25) is 0 Å². The topological polar surface area (TPSA) is 82.4 Å². The lowest BCUT2D eigenvalue weighted by Gasteiger charge is -2.23. The quantitative estimate of drug-likeness (QED) is 0.395. The van der Waals surface area contributed by atoms with E-state index in [1.165, 1.54) is 5.57 Å². The zero-order valence-corrected chi connectivity index (χ0v) is 14.9. The van der Waals surface area contributed by atoms with Crippen LogP contribution in [0.4, 0.5) is 0 Å². The summed E-state index contributed by atoms with van der Waals surface area (Å²) in [4.78, 5) is 2.04. The maximum absolute atomic E-state index is 11.7. The fraction of sp³-hybridized carbons (Fsp3) is 0.562. The van der Waals surface area contributed by atoms with Gasteiger partial charge in [-0.15, -0.1) is 6.58 Å². The van der Waals surface area contributed by atoms with Gasteiger partial charge in [0.1, 0.15) is 0 Å². The molecule has 23 heavy (non-hydrogen) atoms. The number of hydrogen-bond donors (Lipinski definition) is 1. The first kappa shape index (κ1) is 19.4. The summed E-state index contributed by atoms with van der Waals surface area (Å²) in [5, 5.41) is 9.33. The number of allylic oxidation sites excluding steroid dienone is 4. The van der Waals surface area contributed by atoms with Crippen LogP contribution in [-0.4, -0.2) is 32.2 Å². The predicted octanol–water partition coefficient (Wildman–Crippen LogP) is 2.60. The lowest BCUT2D eigenvalue weighted by molar-refractivity contribution is 0.210. The fourth-order valence-corrected chi connectivity index (χ4v) is 3.31. The molecule has 0 saturated heterocycles. The Bertz CT molecular complexity index is 642. The molecule has 0 aliphatic carbocycles. The van der Waals surface area contributed by atoms with Crippen LogP contribution in [0.1, 0.15) is 40.0 Å². The third kappa shape index (κ3) is 5.50. The molecule has 0 unspecified atom stereocenters. The predicted molar refractivity (Wildman–Crippen MR) is 90.3 cm³/mol. The second-order valence-corrected chi connectivity index (χ2v) is 7.11. The van der Waals surface area contributed by atoms with E-state index in [-0.39, 0.29) is 5.75 Å². The lowest BCUT2D eigenvalue weighted by Crippen LogP contribution is -2.25. The first-order valence-corrected chi connectivity index (χ1v) is 9.25. The first-order valence-electron chi connectivity index (χ1n) is 7.67. The molecule has 0 aromatic heterocycles. The van der Waals surface area contributed by atoms with Crippen LogP contribution in [-0.2, 0) is 14.4 Å². The Labute approximate surface area is 139 Å². The van der Waals surface area contributed by atoms with Gasteiger partial charge in [0.15, 0.2) is 0 Å². The van der Waals surface area contributed by atoms with Crippen molar-refractivity contribution in [3.05, 3.63) is 35.2 Å². The maximum Gasteiger partial charge on any atom is 0.283 e. The van der Waals surface area contributed by atoms with E-state index in [4.69, 9.17) is 0 Å². The Morgan fingerprint density at radius 2 is 2.22 bits per heavy atom. The van der Waals surface area contributed by atoms with E-state index in [0.717, 1.165) is 17.8 Å². The molecule has 0 fully saturated rings. The van der Waals surface area contributed by atoms with Crippen LogP contribution in [0, 0.1) is 11.3 Å². The molecule has 1 N–H and O–H groups in total. The molecule has 1 aliphatic rings. The van der Waals surface area contributed by atoms with Crippen molar-refractivity contribution in [1.29, 1.82) is 5.26 Å². The molecule has 0 saturated carbocycles. The summed E-state index contributed by atoms with van der Waals surface area (Å²) in [6.45, 7) is 10.4. The Balaban J connectivity index is 2.79. The van der Waals surface area contributed by atoms with E-state index in [0.29, 0.717) is 31.5 Å². The monoisotopic (exact) mass is 339 g/mol. The highest BCUT2D eigenvalue weighted by atomic mass is 32.2. The Hall–Kier alpha value is -1.62. The van der Waals surface area contributed by atoms with Crippen LogP contribution >= 0.6 is 0 Å². The Morgan fingerprint density at radius 1 is 1.52 bits per heavy atom. The molecule has 1 heterocycles. The minimum atomic E-state index is -3.57. The van der Waals surface area contributed by atoms with Gasteiger partial charge in [0.05, 0.1) is 17.4 Å². The summed E-state index contributed by atoms with van der Waals surface area (Å²) in [5.74, 6) is -0.0700. The minimum Gasteiger partial charge on any atom is -0.348 e. The van der Waals surface area contributed by atoms with E-state index >= 15 is 0 Å². The van der Waals surface area contributed by atoms with E-state index in [9.17, 15) is 13.7 Å². The molecule has 6 nitrogen and oxygen atoms in total. The van der Waals surface area contributed by atoms with E-state index < -0.39 is 10.1 Å². The van der Waals surface area contributed by atoms with Crippen molar-refractivity contribution in [1.82, 2.24) is 10.4 Å². The molecule has 0 amide bonds. The van der Waals surface area contributed by atoms with Crippen LogP contribution in [0.3, 0.4) is 0 Å². The zero-order chi connectivity index (χ0) is 17.5. The van der Waals surface area contributed by atoms with Crippen molar-refractivity contribution in [3.63, 3.8) is 0 Å². The summed E-state index contributed by atoms with van der Waals surface area (Å²) in [6, 6.07) is 2.24. The van der Waals surface area contributed by atoms with Crippen molar-refractivity contribution in [3.8, 4) is 6.07 Å².